The average Bonchev–Trinajstić information content (AvgIpc) is 2.80. The number of hydrogen-bond acceptors (Lipinski definition) is 2. The summed E-state index contributed by atoms with van der Waals surface area (Å²) >= 11 is 0. The van der Waals surface area contributed by atoms with Gasteiger partial charge in [0.05, 0.1) is 6.61 Å². The summed E-state index contributed by atoms with van der Waals surface area (Å²) in [6, 6.07) is 0. The minimum atomic E-state index is 0.764. The minimum absolute atomic E-state index is 0.764. The summed E-state index contributed by atoms with van der Waals surface area (Å²) in [5.74, 6) is 1.72. The van der Waals surface area contributed by atoms with Gasteiger partial charge in [0.2, 0.25) is 0 Å². The topological polar surface area (TPSA) is 21.3 Å². The molecule has 0 saturated heterocycles. The van der Waals surface area contributed by atoms with E-state index in [9.17, 15) is 0 Å². The second-order valence-corrected chi connectivity index (χ2v) is 3.36. The molecule has 1 N–H and O–H groups in total. The number of methoxy groups -OCH3 is 1. The highest BCUT2D eigenvalue weighted by molar-refractivity contribution is 4.82. The van der Waals surface area contributed by atoms with Crippen molar-refractivity contribution in [2.45, 2.75) is 19.8 Å². The van der Waals surface area contributed by atoms with E-state index in [1.807, 2.05) is 0 Å². The molecule has 1 aliphatic rings. The van der Waals surface area contributed by atoms with Crippen LogP contribution in [0.1, 0.15) is 19.8 Å². The molecule has 0 amide bonds. The first-order chi connectivity index (χ1) is 5.38. The summed E-state index contributed by atoms with van der Waals surface area (Å²) in [7, 11) is 1.79. The van der Waals surface area contributed by atoms with Crippen LogP contribution in [0.2, 0.25) is 0 Å². The lowest BCUT2D eigenvalue weighted by molar-refractivity contribution is 0.141. The zero-order valence-electron chi connectivity index (χ0n) is 7.60. The Labute approximate surface area is 69.3 Å². The lowest BCUT2D eigenvalue weighted by Crippen LogP contribution is -2.26. The SMILES string of the molecule is CCNCC(COC)C1CC1. The molecule has 1 aliphatic carbocycles. The van der Waals surface area contributed by atoms with Crippen molar-refractivity contribution in [1.82, 2.24) is 5.32 Å². The molecule has 0 radical (unpaired) electrons. The lowest BCUT2D eigenvalue weighted by atomic mass is 10.1. The van der Waals surface area contributed by atoms with Crippen LogP contribution in [0.4, 0.5) is 0 Å². The number of rotatable bonds is 6. The zero-order valence-corrected chi connectivity index (χ0v) is 7.60. The third-order valence-electron chi connectivity index (χ3n) is 2.33. The van der Waals surface area contributed by atoms with Crippen LogP contribution in [0.15, 0.2) is 0 Å². The standard InChI is InChI=1S/C9H19NO/c1-3-10-6-9(7-11-2)8-4-5-8/h8-10H,3-7H2,1-2H3. The average molecular weight is 157 g/mol. The van der Waals surface area contributed by atoms with Gasteiger partial charge in [-0.3, -0.25) is 0 Å². The van der Waals surface area contributed by atoms with Crippen molar-refractivity contribution in [3.63, 3.8) is 0 Å². The Morgan fingerprint density at radius 2 is 2.27 bits per heavy atom. The molecule has 1 saturated carbocycles. The maximum Gasteiger partial charge on any atom is 0.0505 e. The van der Waals surface area contributed by atoms with E-state index in [2.05, 4.69) is 12.2 Å². The van der Waals surface area contributed by atoms with Crippen LogP contribution in [-0.4, -0.2) is 26.8 Å². The molecule has 1 atom stereocenters. The predicted octanol–water partition coefficient (Wildman–Crippen LogP) is 1.27. The molecule has 0 aromatic rings. The number of ether oxygens (including phenoxy) is 1. The van der Waals surface area contributed by atoms with Crippen LogP contribution in [0, 0.1) is 11.8 Å². The summed E-state index contributed by atoms with van der Waals surface area (Å²) in [6.45, 7) is 5.29. The Balaban J connectivity index is 2.10. The van der Waals surface area contributed by atoms with E-state index >= 15 is 0 Å². The van der Waals surface area contributed by atoms with E-state index < -0.39 is 0 Å². The van der Waals surface area contributed by atoms with Crippen molar-refractivity contribution in [3.05, 3.63) is 0 Å². The highest BCUT2D eigenvalue weighted by Crippen LogP contribution is 2.36. The van der Waals surface area contributed by atoms with Gasteiger partial charge in [-0.25, -0.2) is 0 Å². The van der Waals surface area contributed by atoms with Crippen LogP contribution in [-0.2, 0) is 4.74 Å². The molecule has 2 nitrogen and oxygen atoms in total. The first kappa shape index (κ1) is 9.01. The third kappa shape index (κ3) is 3.21. The van der Waals surface area contributed by atoms with E-state index in [0.29, 0.717) is 0 Å². The molecule has 0 aliphatic heterocycles. The first-order valence-electron chi connectivity index (χ1n) is 4.58. The van der Waals surface area contributed by atoms with Gasteiger partial charge in [0.15, 0.2) is 0 Å². The van der Waals surface area contributed by atoms with Gasteiger partial charge in [-0.2, -0.15) is 0 Å². The molecule has 1 rings (SSSR count). The van der Waals surface area contributed by atoms with Crippen molar-refractivity contribution >= 4 is 0 Å². The number of nitrogens with one attached hydrogen (secondary N) is 1. The molecule has 1 fully saturated rings. The van der Waals surface area contributed by atoms with Crippen LogP contribution < -0.4 is 5.32 Å². The number of hydrogen-bond donors (Lipinski definition) is 1. The highest BCUT2D eigenvalue weighted by Gasteiger charge is 2.30. The monoisotopic (exact) mass is 157 g/mol. The van der Waals surface area contributed by atoms with Crippen LogP contribution in [0.3, 0.4) is 0 Å². The maximum atomic E-state index is 5.16. The summed E-state index contributed by atoms with van der Waals surface area (Å²) in [4.78, 5) is 0. The minimum Gasteiger partial charge on any atom is -0.384 e. The van der Waals surface area contributed by atoms with Crippen molar-refractivity contribution in [3.8, 4) is 0 Å². The van der Waals surface area contributed by atoms with E-state index in [4.69, 9.17) is 4.74 Å². The van der Waals surface area contributed by atoms with Gasteiger partial charge in [-0.15, -0.1) is 0 Å². The normalized spacial score (nSPS) is 20.2. The highest BCUT2D eigenvalue weighted by atomic mass is 16.5. The molecular formula is C9H19NO. The second kappa shape index (κ2) is 4.73. The van der Waals surface area contributed by atoms with Gasteiger partial charge in [0.25, 0.3) is 0 Å². The predicted molar refractivity (Wildman–Crippen MR) is 46.6 cm³/mol. The van der Waals surface area contributed by atoms with Gasteiger partial charge in [-0.05, 0) is 31.2 Å². The van der Waals surface area contributed by atoms with Crippen LogP contribution in [0.5, 0.6) is 0 Å². The van der Waals surface area contributed by atoms with Crippen LogP contribution >= 0.6 is 0 Å². The zero-order chi connectivity index (χ0) is 8.10. The first-order valence-corrected chi connectivity index (χ1v) is 4.58. The molecule has 11 heavy (non-hydrogen) atoms. The Morgan fingerprint density at radius 3 is 2.73 bits per heavy atom. The van der Waals surface area contributed by atoms with Crippen molar-refractivity contribution in [2.24, 2.45) is 11.8 Å². The van der Waals surface area contributed by atoms with Gasteiger partial charge in [0, 0.05) is 13.7 Å². The Morgan fingerprint density at radius 1 is 1.55 bits per heavy atom. The largest absolute Gasteiger partial charge is 0.384 e. The Hall–Kier alpha value is -0.0800. The maximum absolute atomic E-state index is 5.16. The smallest absolute Gasteiger partial charge is 0.0505 e. The molecule has 66 valence electrons. The fraction of sp³-hybridized carbons (Fsp3) is 1.00. The molecule has 0 heterocycles. The van der Waals surface area contributed by atoms with Gasteiger partial charge in [-0.1, -0.05) is 6.92 Å². The van der Waals surface area contributed by atoms with E-state index in [0.717, 1.165) is 31.5 Å². The van der Waals surface area contributed by atoms with E-state index in [-0.39, 0.29) is 0 Å². The fourth-order valence-electron chi connectivity index (χ4n) is 1.47. The molecule has 0 aromatic carbocycles. The van der Waals surface area contributed by atoms with Crippen molar-refractivity contribution < 1.29 is 4.74 Å². The molecule has 0 spiro atoms. The third-order valence-corrected chi connectivity index (χ3v) is 2.33. The van der Waals surface area contributed by atoms with Crippen molar-refractivity contribution in [2.75, 3.05) is 26.8 Å². The molecule has 2 heteroatoms. The van der Waals surface area contributed by atoms with Gasteiger partial charge >= 0.3 is 0 Å². The van der Waals surface area contributed by atoms with Gasteiger partial charge in [0.1, 0.15) is 0 Å². The Bertz CT molecular complexity index is 102. The van der Waals surface area contributed by atoms with E-state index in [1.54, 1.807) is 7.11 Å². The second-order valence-electron chi connectivity index (χ2n) is 3.36. The van der Waals surface area contributed by atoms with Crippen molar-refractivity contribution in [1.29, 1.82) is 0 Å². The molecule has 1 unspecified atom stereocenters. The summed E-state index contributed by atoms with van der Waals surface area (Å²) in [6.07, 6.45) is 2.83. The lowest BCUT2D eigenvalue weighted by Gasteiger charge is -2.14. The quantitative estimate of drug-likeness (QED) is 0.627. The van der Waals surface area contributed by atoms with Crippen LogP contribution in [0.25, 0.3) is 0 Å². The fourth-order valence-corrected chi connectivity index (χ4v) is 1.47. The van der Waals surface area contributed by atoms with E-state index in [1.165, 1.54) is 12.8 Å². The molecule has 0 bridgehead atoms. The molecule has 0 aromatic heterocycles. The van der Waals surface area contributed by atoms with Gasteiger partial charge < -0.3 is 10.1 Å². The Kier molecular flexibility index (Phi) is 3.87. The summed E-state index contributed by atoms with van der Waals surface area (Å²) in [5, 5.41) is 3.37. The molecular weight excluding hydrogens is 138 g/mol. The summed E-state index contributed by atoms with van der Waals surface area (Å²) < 4.78 is 5.16. The summed E-state index contributed by atoms with van der Waals surface area (Å²) in [5.41, 5.74) is 0.